The van der Waals surface area contributed by atoms with Crippen molar-refractivity contribution in [2.24, 2.45) is 5.10 Å². The quantitative estimate of drug-likeness (QED) is 0.157. The minimum Gasteiger partial charge on any atom is -0.423 e. The van der Waals surface area contributed by atoms with Gasteiger partial charge in [-0.2, -0.15) is 5.10 Å². The number of rotatable bonds is 5. The molecule has 0 unspecified atom stereocenters. The van der Waals surface area contributed by atoms with Crippen LogP contribution in [0.4, 0.5) is 5.69 Å². The highest BCUT2D eigenvalue weighted by Gasteiger charge is 2.15. The molecule has 0 spiro atoms. The average molecular weight is 535 g/mol. The fourth-order valence-corrected chi connectivity index (χ4v) is 3.20. The lowest BCUT2D eigenvalue weighted by atomic mass is 10.2. The summed E-state index contributed by atoms with van der Waals surface area (Å²) in [5, 5.41) is 6.45. The van der Waals surface area contributed by atoms with Crippen molar-refractivity contribution in [3.05, 3.63) is 92.4 Å². The molecule has 0 heterocycles. The molecule has 32 heavy (non-hydrogen) atoms. The van der Waals surface area contributed by atoms with Crippen molar-refractivity contribution in [3.63, 3.8) is 0 Å². The summed E-state index contributed by atoms with van der Waals surface area (Å²) in [6.07, 6.45) is 1.33. The SMILES string of the molecule is O=C(NN=Cc1ccc(OC(=O)c2ccccc2Br)cc1)C(=O)Nc1cccc(Cl)c1Cl. The number of nitrogens with one attached hydrogen (secondary N) is 2. The number of halogens is 3. The van der Waals surface area contributed by atoms with Crippen molar-refractivity contribution in [3.8, 4) is 5.75 Å². The maximum atomic E-state index is 12.2. The Balaban J connectivity index is 1.53. The van der Waals surface area contributed by atoms with Crippen molar-refractivity contribution in [2.45, 2.75) is 0 Å². The van der Waals surface area contributed by atoms with Gasteiger partial charge in [-0.3, -0.25) is 9.59 Å². The molecule has 0 fully saturated rings. The summed E-state index contributed by atoms with van der Waals surface area (Å²) in [4.78, 5) is 36.1. The Bertz CT molecular complexity index is 1200. The van der Waals surface area contributed by atoms with Gasteiger partial charge >= 0.3 is 17.8 Å². The third kappa shape index (κ3) is 6.16. The molecule has 3 aromatic rings. The molecule has 10 heteroatoms. The monoisotopic (exact) mass is 533 g/mol. The van der Waals surface area contributed by atoms with E-state index in [9.17, 15) is 14.4 Å². The van der Waals surface area contributed by atoms with Crippen LogP contribution in [0.5, 0.6) is 5.75 Å². The molecule has 0 atom stereocenters. The zero-order valence-corrected chi connectivity index (χ0v) is 19.2. The highest BCUT2D eigenvalue weighted by Crippen LogP contribution is 2.29. The lowest BCUT2D eigenvalue weighted by Crippen LogP contribution is -2.32. The van der Waals surface area contributed by atoms with Crippen LogP contribution >= 0.6 is 39.1 Å². The molecule has 0 aliphatic heterocycles. The van der Waals surface area contributed by atoms with Crippen molar-refractivity contribution in [1.29, 1.82) is 0 Å². The molecule has 0 radical (unpaired) electrons. The number of benzene rings is 3. The van der Waals surface area contributed by atoms with Crippen LogP contribution in [0.25, 0.3) is 0 Å². The Morgan fingerprint density at radius 1 is 0.906 bits per heavy atom. The second-order valence-corrected chi connectivity index (χ2v) is 7.83. The fraction of sp³-hybridized carbons (Fsp3) is 0. The third-order valence-electron chi connectivity index (χ3n) is 3.97. The fourth-order valence-electron chi connectivity index (χ4n) is 2.41. The number of ether oxygens (including phenoxy) is 1. The Morgan fingerprint density at radius 3 is 2.34 bits per heavy atom. The van der Waals surface area contributed by atoms with Crippen molar-refractivity contribution in [2.75, 3.05) is 5.32 Å². The van der Waals surface area contributed by atoms with E-state index in [2.05, 4.69) is 31.8 Å². The van der Waals surface area contributed by atoms with Crippen LogP contribution in [0.3, 0.4) is 0 Å². The first-order chi connectivity index (χ1) is 15.3. The molecular weight excluding hydrogens is 521 g/mol. The van der Waals surface area contributed by atoms with E-state index in [0.29, 0.717) is 21.3 Å². The number of esters is 1. The van der Waals surface area contributed by atoms with E-state index in [-0.39, 0.29) is 15.7 Å². The van der Waals surface area contributed by atoms with Crippen molar-refractivity contribution < 1.29 is 19.1 Å². The maximum absolute atomic E-state index is 12.2. The predicted octanol–water partition coefficient (Wildman–Crippen LogP) is 5.06. The molecule has 0 aliphatic carbocycles. The van der Waals surface area contributed by atoms with Crippen LogP contribution in [0.1, 0.15) is 15.9 Å². The van der Waals surface area contributed by atoms with Crippen LogP contribution in [0.2, 0.25) is 10.0 Å². The smallest absolute Gasteiger partial charge is 0.344 e. The minimum absolute atomic E-state index is 0.124. The number of anilines is 1. The van der Waals surface area contributed by atoms with Crippen LogP contribution in [0.15, 0.2) is 76.3 Å². The molecule has 162 valence electrons. The van der Waals surface area contributed by atoms with Crippen LogP contribution in [0, 0.1) is 0 Å². The molecule has 0 saturated heterocycles. The van der Waals surface area contributed by atoms with Crippen LogP contribution < -0.4 is 15.5 Å². The molecule has 3 rings (SSSR count). The second kappa shape index (κ2) is 10.9. The standard InChI is InChI=1S/C22H14BrCl2N3O4/c23-16-5-2-1-4-15(16)22(31)32-14-10-8-13(9-11-14)12-26-28-21(30)20(29)27-18-7-3-6-17(24)19(18)25/h1-12H,(H,27,29)(H,28,30). The molecule has 3 aromatic carbocycles. The normalized spacial score (nSPS) is 10.6. The van der Waals surface area contributed by atoms with E-state index in [1.807, 2.05) is 0 Å². The number of carbonyl (C=O) groups is 3. The summed E-state index contributed by atoms with van der Waals surface area (Å²) in [5.41, 5.74) is 3.32. The van der Waals surface area contributed by atoms with Gasteiger partial charge in [-0.15, -0.1) is 0 Å². The molecular formula is C22H14BrCl2N3O4. The third-order valence-corrected chi connectivity index (χ3v) is 5.48. The first-order valence-electron chi connectivity index (χ1n) is 9.00. The Labute approximate surface area is 201 Å². The van der Waals surface area contributed by atoms with Gasteiger partial charge in [0.1, 0.15) is 5.75 Å². The highest BCUT2D eigenvalue weighted by molar-refractivity contribution is 9.10. The number of carbonyl (C=O) groups excluding carboxylic acids is 3. The van der Waals surface area contributed by atoms with Gasteiger partial charge in [0, 0.05) is 4.47 Å². The predicted molar refractivity (Wildman–Crippen MR) is 126 cm³/mol. The average Bonchev–Trinajstić information content (AvgIpc) is 2.78. The topological polar surface area (TPSA) is 96.9 Å². The minimum atomic E-state index is -0.990. The maximum Gasteiger partial charge on any atom is 0.344 e. The number of amides is 2. The van der Waals surface area contributed by atoms with Gasteiger partial charge < -0.3 is 10.1 Å². The Hall–Kier alpha value is -3.20. The van der Waals surface area contributed by atoms with E-state index >= 15 is 0 Å². The summed E-state index contributed by atoms with van der Waals surface area (Å²) >= 11 is 15.1. The van der Waals surface area contributed by atoms with Crippen LogP contribution in [-0.4, -0.2) is 24.0 Å². The van der Waals surface area contributed by atoms with E-state index in [1.165, 1.54) is 12.3 Å². The summed E-state index contributed by atoms with van der Waals surface area (Å²) in [7, 11) is 0. The van der Waals surface area contributed by atoms with E-state index in [0.717, 1.165) is 0 Å². The summed E-state index contributed by atoms with van der Waals surface area (Å²) in [6.45, 7) is 0. The van der Waals surface area contributed by atoms with Crippen molar-refractivity contribution in [1.82, 2.24) is 5.43 Å². The first-order valence-corrected chi connectivity index (χ1v) is 10.5. The van der Waals surface area contributed by atoms with Crippen molar-refractivity contribution >= 4 is 68.8 Å². The van der Waals surface area contributed by atoms with Gasteiger partial charge in [-0.1, -0.05) is 41.4 Å². The lowest BCUT2D eigenvalue weighted by molar-refractivity contribution is -0.136. The molecule has 0 saturated carbocycles. The van der Waals surface area contributed by atoms with Gasteiger partial charge in [-0.25, -0.2) is 10.2 Å². The van der Waals surface area contributed by atoms with Crippen LogP contribution in [-0.2, 0) is 9.59 Å². The highest BCUT2D eigenvalue weighted by atomic mass is 79.9. The van der Waals surface area contributed by atoms with Gasteiger partial charge in [-0.05, 0) is 70.0 Å². The molecule has 7 nitrogen and oxygen atoms in total. The molecule has 0 aromatic heterocycles. The first kappa shape index (κ1) is 23.5. The van der Waals surface area contributed by atoms with E-state index < -0.39 is 17.8 Å². The summed E-state index contributed by atoms with van der Waals surface area (Å²) in [5.74, 6) is -2.11. The Morgan fingerprint density at radius 2 is 1.62 bits per heavy atom. The lowest BCUT2D eigenvalue weighted by Gasteiger charge is -2.07. The zero-order chi connectivity index (χ0) is 23.1. The van der Waals surface area contributed by atoms with Gasteiger partial charge in [0.2, 0.25) is 0 Å². The van der Waals surface area contributed by atoms with Gasteiger partial charge in [0.15, 0.2) is 0 Å². The second-order valence-electron chi connectivity index (χ2n) is 6.19. The summed E-state index contributed by atoms with van der Waals surface area (Å²) in [6, 6.07) is 18.0. The number of hydrogen-bond donors (Lipinski definition) is 2. The molecule has 0 aliphatic rings. The van der Waals surface area contributed by atoms with Gasteiger partial charge in [0.25, 0.3) is 0 Å². The molecule has 0 bridgehead atoms. The van der Waals surface area contributed by atoms with Gasteiger partial charge in [0.05, 0.1) is 27.5 Å². The Kier molecular flexibility index (Phi) is 7.99. The number of hydrogen-bond acceptors (Lipinski definition) is 5. The van der Waals surface area contributed by atoms with E-state index in [4.69, 9.17) is 27.9 Å². The summed E-state index contributed by atoms with van der Waals surface area (Å²) < 4.78 is 5.96. The molecule has 2 amide bonds. The molecule has 2 N–H and O–H groups in total. The zero-order valence-electron chi connectivity index (χ0n) is 16.1. The largest absolute Gasteiger partial charge is 0.423 e. The van der Waals surface area contributed by atoms with E-state index in [1.54, 1.807) is 60.7 Å². The number of nitrogens with zero attached hydrogens (tertiary/aromatic N) is 1. The number of hydrazone groups is 1.